The summed E-state index contributed by atoms with van der Waals surface area (Å²) in [4.78, 5) is 24.0. The number of anilines is 1. The Balaban J connectivity index is 1.68. The van der Waals surface area contributed by atoms with E-state index < -0.39 is 0 Å². The summed E-state index contributed by atoms with van der Waals surface area (Å²) in [5.74, 6) is 1.98. The van der Waals surface area contributed by atoms with Gasteiger partial charge in [-0.3, -0.25) is 4.79 Å². The van der Waals surface area contributed by atoms with Crippen molar-refractivity contribution in [1.82, 2.24) is 15.0 Å². The van der Waals surface area contributed by atoms with Crippen molar-refractivity contribution in [2.24, 2.45) is 5.73 Å². The first-order chi connectivity index (χ1) is 14.0. The van der Waals surface area contributed by atoms with Crippen molar-refractivity contribution in [1.29, 1.82) is 0 Å². The second-order valence-electron chi connectivity index (χ2n) is 6.39. The molecule has 10 heteroatoms. The average molecular weight is 448 g/mol. The number of ether oxygens (including phenoxy) is 1. The lowest BCUT2D eigenvalue weighted by molar-refractivity contribution is 0.103. The van der Waals surface area contributed by atoms with Crippen LogP contribution in [0.15, 0.2) is 29.4 Å². The zero-order valence-corrected chi connectivity index (χ0v) is 17.7. The molecule has 0 atom stereocenters. The number of rotatable bonds is 6. The molecule has 4 N–H and O–H groups in total. The fraction of sp³-hybridized carbons (Fsp3) is 0.263. The highest BCUT2D eigenvalue weighted by atomic mass is 35.5. The quantitative estimate of drug-likeness (QED) is 0.425. The van der Waals surface area contributed by atoms with Crippen LogP contribution in [-0.4, -0.2) is 31.7 Å². The number of carbonyl (C=O) groups excluding carboxylic acids is 1. The first kappa shape index (κ1) is 20.2. The van der Waals surface area contributed by atoms with Gasteiger partial charge in [-0.1, -0.05) is 53.3 Å². The molecule has 150 valence electrons. The predicted octanol–water partition coefficient (Wildman–Crippen LogP) is 4.25. The molecule has 1 aliphatic rings. The molecule has 7 nitrogen and oxygen atoms in total. The van der Waals surface area contributed by atoms with Crippen LogP contribution < -0.4 is 11.5 Å². The number of halogens is 1. The molecule has 4 rings (SSSR count). The largest absolute Gasteiger partial charge is 0.372 e. The van der Waals surface area contributed by atoms with Gasteiger partial charge in [0.2, 0.25) is 5.95 Å². The van der Waals surface area contributed by atoms with E-state index in [1.807, 2.05) is 18.2 Å². The Bertz CT molecular complexity index is 1100. The molecule has 0 aliphatic carbocycles. The fourth-order valence-electron chi connectivity index (χ4n) is 3.29. The van der Waals surface area contributed by atoms with Gasteiger partial charge in [-0.2, -0.15) is 9.97 Å². The highest BCUT2D eigenvalue weighted by Gasteiger charge is 2.20. The van der Waals surface area contributed by atoms with Crippen molar-refractivity contribution in [2.75, 3.05) is 17.2 Å². The van der Waals surface area contributed by atoms with E-state index in [1.54, 1.807) is 0 Å². The third kappa shape index (κ3) is 4.42. The molecule has 1 amide bonds. The van der Waals surface area contributed by atoms with E-state index in [9.17, 15) is 4.79 Å². The summed E-state index contributed by atoms with van der Waals surface area (Å²) in [6, 6.07) is 7.96. The van der Waals surface area contributed by atoms with Crippen molar-refractivity contribution in [2.45, 2.75) is 24.8 Å². The van der Waals surface area contributed by atoms with Crippen molar-refractivity contribution < 1.29 is 9.53 Å². The van der Waals surface area contributed by atoms with E-state index in [0.29, 0.717) is 35.0 Å². The minimum Gasteiger partial charge on any atom is -0.372 e. The molecule has 0 spiro atoms. The number of amides is 1. The molecule has 0 unspecified atom stereocenters. The van der Waals surface area contributed by atoms with Crippen molar-refractivity contribution in [3.63, 3.8) is 0 Å². The van der Waals surface area contributed by atoms with E-state index in [0.717, 1.165) is 51.4 Å². The van der Waals surface area contributed by atoms with Crippen LogP contribution in [-0.2, 0) is 18.0 Å². The summed E-state index contributed by atoms with van der Waals surface area (Å²) in [7, 11) is 0. The van der Waals surface area contributed by atoms with Crippen LogP contribution in [0.2, 0.25) is 5.02 Å². The normalized spacial score (nSPS) is 13.0. The molecule has 2 aromatic carbocycles. The summed E-state index contributed by atoms with van der Waals surface area (Å²) >= 11 is 9.19. The van der Waals surface area contributed by atoms with E-state index in [4.69, 9.17) is 27.8 Å². The average Bonchev–Trinajstić information content (AvgIpc) is 2.67. The Morgan fingerprint density at radius 2 is 2.00 bits per heavy atom. The van der Waals surface area contributed by atoms with Gasteiger partial charge in [0.1, 0.15) is 0 Å². The molecule has 0 saturated heterocycles. The van der Waals surface area contributed by atoms with Crippen molar-refractivity contribution >= 4 is 57.1 Å². The lowest BCUT2D eigenvalue weighted by atomic mass is 9.94. The Morgan fingerprint density at radius 1 is 1.17 bits per heavy atom. The van der Waals surface area contributed by atoms with Gasteiger partial charge >= 0.3 is 0 Å². The third-order valence-corrected chi connectivity index (χ3v) is 6.43. The molecule has 1 aliphatic heterocycles. The van der Waals surface area contributed by atoms with Gasteiger partial charge in [0, 0.05) is 17.1 Å². The number of nitrogens with zero attached hydrogens (tertiary/aromatic N) is 3. The molecule has 0 radical (unpaired) electrons. The SMILES string of the molecule is NC(=O)SCCCSc1nc(N)nc(-c2c(Cl)cc3c4c(cccc24)COC3)n1. The minimum atomic E-state index is -0.371. The molecule has 3 aromatic rings. The Morgan fingerprint density at radius 3 is 2.83 bits per heavy atom. The number of nitrogens with two attached hydrogens (primary N) is 2. The molecule has 29 heavy (non-hydrogen) atoms. The number of aromatic nitrogens is 3. The van der Waals surface area contributed by atoms with E-state index in [-0.39, 0.29) is 11.2 Å². The van der Waals surface area contributed by atoms with Gasteiger partial charge in [0.25, 0.3) is 5.24 Å². The van der Waals surface area contributed by atoms with Gasteiger partial charge in [0.05, 0.1) is 18.2 Å². The second-order valence-corrected chi connectivity index (χ2v) is 8.96. The fourth-order valence-corrected chi connectivity index (χ4v) is 5.06. The zero-order valence-electron chi connectivity index (χ0n) is 15.4. The number of carbonyl (C=O) groups is 1. The Labute approximate surface area is 181 Å². The zero-order chi connectivity index (χ0) is 20.4. The lowest BCUT2D eigenvalue weighted by Gasteiger charge is -2.20. The highest BCUT2D eigenvalue weighted by molar-refractivity contribution is 8.13. The number of hydrogen-bond acceptors (Lipinski definition) is 8. The summed E-state index contributed by atoms with van der Waals surface area (Å²) in [6.45, 7) is 1.09. The summed E-state index contributed by atoms with van der Waals surface area (Å²) in [6.07, 6.45) is 0.793. The standard InChI is InChI=1S/C19H18ClN5O2S2/c20-13-7-11-9-27-8-10-3-1-4-12(14(10)11)15(13)16-23-17(21)25-19(24-16)29-6-2-5-28-18(22)26/h1,3-4,7H,2,5-6,8-9H2,(H2,22,26)(H2,21,23,24,25). The maximum absolute atomic E-state index is 10.8. The number of benzene rings is 2. The molecule has 0 bridgehead atoms. The van der Waals surface area contributed by atoms with Crippen LogP contribution in [0.5, 0.6) is 0 Å². The Kier molecular flexibility index (Phi) is 6.09. The monoisotopic (exact) mass is 447 g/mol. The molecule has 2 heterocycles. The number of hydrogen-bond donors (Lipinski definition) is 2. The lowest BCUT2D eigenvalue weighted by Crippen LogP contribution is -2.07. The molecule has 0 fully saturated rings. The van der Waals surface area contributed by atoms with Crippen LogP contribution in [0.25, 0.3) is 22.2 Å². The smallest absolute Gasteiger partial charge is 0.276 e. The number of primary amides is 1. The maximum atomic E-state index is 10.8. The predicted molar refractivity (Wildman–Crippen MR) is 118 cm³/mol. The number of nitrogen functional groups attached to an aromatic ring is 1. The summed E-state index contributed by atoms with van der Waals surface area (Å²) < 4.78 is 5.65. The molecule has 0 saturated carbocycles. The third-order valence-electron chi connectivity index (χ3n) is 4.42. The summed E-state index contributed by atoms with van der Waals surface area (Å²) in [5, 5.41) is 2.82. The van der Waals surface area contributed by atoms with E-state index in [2.05, 4.69) is 21.0 Å². The molecular weight excluding hydrogens is 430 g/mol. The number of thioether (sulfide) groups is 2. The maximum Gasteiger partial charge on any atom is 0.276 e. The van der Waals surface area contributed by atoms with Crippen molar-refractivity contribution in [3.05, 3.63) is 40.4 Å². The second kappa shape index (κ2) is 8.74. The van der Waals surface area contributed by atoms with Gasteiger partial charge in [-0.15, -0.1) is 0 Å². The molecule has 1 aromatic heterocycles. The van der Waals surface area contributed by atoms with Gasteiger partial charge in [-0.05, 0) is 34.4 Å². The van der Waals surface area contributed by atoms with Crippen molar-refractivity contribution in [3.8, 4) is 11.4 Å². The minimum absolute atomic E-state index is 0.142. The van der Waals surface area contributed by atoms with Gasteiger partial charge < -0.3 is 16.2 Å². The Hall–Kier alpha value is -2.07. The molecular formula is C19H18ClN5O2S2. The van der Waals surface area contributed by atoms with Crippen LogP contribution >= 0.6 is 35.1 Å². The first-order valence-electron chi connectivity index (χ1n) is 8.90. The van der Waals surface area contributed by atoms with Crippen LogP contribution in [0.3, 0.4) is 0 Å². The first-order valence-corrected chi connectivity index (χ1v) is 11.3. The van der Waals surface area contributed by atoms with Gasteiger partial charge in [0.15, 0.2) is 11.0 Å². The van der Waals surface area contributed by atoms with Crippen LogP contribution in [0, 0.1) is 0 Å². The van der Waals surface area contributed by atoms with E-state index in [1.165, 1.54) is 11.8 Å². The summed E-state index contributed by atoms with van der Waals surface area (Å²) in [5.41, 5.74) is 14.0. The van der Waals surface area contributed by atoms with Gasteiger partial charge in [-0.25, -0.2) is 4.98 Å². The highest BCUT2D eigenvalue weighted by Crippen LogP contribution is 2.39. The van der Waals surface area contributed by atoms with Crippen LogP contribution in [0.1, 0.15) is 17.5 Å². The topological polar surface area (TPSA) is 117 Å². The van der Waals surface area contributed by atoms with E-state index >= 15 is 0 Å². The van der Waals surface area contributed by atoms with Crippen LogP contribution in [0.4, 0.5) is 10.7 Å².